The molecule has 0 amide bonds. The zero-order valence-corrected chi connectivity index (χ0v) is 15.3. The molecule has 0 unspecified atom stereocenters. The minimum absolute atomic E-state index is 0.463. The molecule has 0 saturated carbocycles. The SMILES string of the molecule is CCc1nn(C)cc1CN1CCC[C@H]1c1nc2c(n1C)CCCC2. The van der Waals surface area contributed by atoms with Crippen LogP contribution in [0.5, 0.6) is 0 Å². The van der Waals surface area contributed by atoms with Crippen molar-refractivity contribution in [2.75, 3.05) is 6.54 Å². The molecular weight excluding hydrogens is 298 g/mol. The topological polar surface area (TPSA) is 38.9 Å². The number of likely N-dealkylation sites (tertiary alicyclic amines) is 1. The summed E-state index contributed by atoms with van der Waals surface area (Å²) in [6, 6.07) is 0.463. The van der Waals surface area contributed by atoms with E-state index in [2.05, 4.69) is 34.7 Å². The fourth-order valence-corrected chi connectivity index (χ4v) is 4.54. The van der Waals surface area contributed by atoms with Gasteiger partial charge in [-0.2, -0.15) is 5.10 Å². The van der Waals surface area contributed by atoms with Crippen molar-refractivity contribution in [3.63, 3.8) is 0 Å². The first-order valence-corrected chi connectivity index (χ1v) is 9.47. The van der Waals surface area contributed by atoms with Crippen LogP contribution in [0.15, 0.2) is 6.20 Å². The Hall–Kier alpha value is -1.62. The van der Waals surface area contributed by atoms with Crippen LogP contribution in [0, 0.1) is 0 Å². The highest BCUT2D eigenvalue weighted by molar-refractivity contribution is 5.23. The van der Waals surface area contributed by atoms with Crippen LogP contribution in [0.4, 0.5) is 0 Å². The first-order chi connectivity index (χ1) is 11.7. The lowest BCUT2D eigenvalue weighted by atomic mass is 10.0. The molecule has 1 atom stereocenters. The number of nitrogens with zero attached hydrogens (tertiary/aromatic N) is 5. The van der Waals surface area contributed by atoms with Crippen LogP contribution < -0.4 is 0 Å². The van der Waals surface area contributed by atoms with Gasteiger partial charge in [0.1, 0.15) is 5.82 Å². The number of hydrogen-bond donors (Lipinski definition) is 0. The molecule has 24 heavy (non-hydrogen) atoms. The smallest absolute Gasteiger partial charge is 0.126 e. The van der Waals surface area contributed by atoms with E-state index in [-0.39, 0.29) is 0 Å². The maximum Gasteiger partial charge on any atom is 0.126 e. The van der Waals surface area contributed by atoms with Gasteiger partial charge in [0.2, 0.25) is 0 Å². The second-order valence-corrected chi connectivity index (χ2v) is 7.39. The van der Waals surface area contributed by atoms with Gasteiger partial charge in [-0.3, -0.25) is 9.58 Å². The second kappa shape index (κ2) is 6.36. The second-order valence-electron chi connectivity index (χ2n) is 7.39. The summed E-state index contributed by atoms with van der Waals surface area (Å²) in [6.45, 7) is 4.36. The Morgan fingerprint density at radius 1 is 1.17 bits per heavy atom. The zero-order valence-electron chi connectivity index (χ0n) is 15.3. The van der Waals surface area contributed by atoms with Gasteiger partial charge >= 0.3 is 0 Å². The molecule has 2 aliphatic rings. The van der Waals surface area contributed by atoms with Crippen LogP contribution in [0.2, 0.25) is 0 Å². The van der Waals surface area contributed by atoms with Gasteiger partial charge in [0, 0.05) is 38.1 Å². The van der Waals surface area contributed by atoms with Crippen molar-refractivity contribution >= 4 is 0 Å². The summed E-state index contributed by atoms with van der Waals surface area (Å²) in [6.07, 6.45) is 10.7. The Kier molecular flexibility index (Phi) is 4.21. The summed E-state index contributed by atoms with van der Waals surface area (Å²) in [4.78, 5) is 7.69. The molecule has 0 spiro atoms. The Balaban J connectivity index is 1.60. The van der Waals surface area contributed by atoms with Gasteiger partial charge in [-0.1, -0.05) is 6.92 Å². The normalized spacial score (nSPS) is 21.4. The largest absolute Gasteiger partial charge is 0.334 e. The molecular formula is C19H29N5. The van der Waals surface area contributed by atoms with E-state index in [4.69, 9.17) is 4.98 Å². The van der Waals surface area contributed by atoms with Crippen LogP contribution in [-0.2, 0) is 39.9 Å². The molecule has 5 heteroatoms. The van der Waals surface area contributed by atoms with Gasteiger partial charge in [0.05, 0.1) is 17.4 Å². The monoisotopic (exact) mass is 327 g/mol. The highest BCUT2D eigenvalue weighted by atomic mass is 15.3. The molecule has 3 heterocycles. The van der Waals surface area contributed by atoms with Crippen molar-refractivity contribution in [1.82, 2.24) is 24.2 Å². The maximum atomic E-state index is 5.07. The van der Waals surface area contributed by atoms with Crippen LogP contribution in [0.25, 0.3) is 0 Å². The highest BCUT2D eigenvalue weighted by Crippen LogP contribution is 2.35. The Morgan fingerprint density at radius 2 is 2.00 bits per heavy atom. The minimum atomic E-state index is 0.463. The van der Waals surface area contributed by atoms with Crippen molar-refractivity contribution in [3.8, 4) is 0 Å². The number of rotatable bonds is 4. The molecule has 2 aromatic heterocycles. The predicted molar refractivity (Wildman–Crippen MR) is 94.8 cm³/mol. The molecule has 0 radical (unpaired) electrons. The summed E-state index contributed by atoms with van der Waals surface area (Å²) >= 11 is 0. The van der Waals surface area contributed by atoms with Crippen molar-refractivity contribution in [3.05, 3.63) is 34.7 Å². The van der Waals surface area contributed by atoms with Crippen LogP contribution in [-0.4, -0.2) is 30.8 Å². The molecule has 2 aromatic rings. The molecule has 130 valence electrons. The molecule has 0 aromatic carbocycles. The lowest BCUT2D eigenvalue weighted by Crippen LogP contribution is -2.25. The van der Waals surface area contributed by atoms with Gasteiger partial charge in [-0.25, -0.2) is 4.98 Å². The predicted octanol–water partition coefficient (Wildman–Crippen LogP) is 2.93. The lowest BCUT2D eigenvalue weighted by Gasteiger charge is -2.24. The van der Waals surface area contributed by atoms with Crippen molar-refractivity contribution in [2.24, 2.45) is 14.1 Å². The van der Waals surface area contributed by atoms with Crippen molar-refractivity contribution in [1.29, 1.82) is 0 Å². The summed E-state index contributed by atoms with van der Waals surface area (Å²) < 4.78 is 4.36. The first-order valence-electron chi connectivity index (χ1n) is 9.47. The van der Waals surface area contributed by atoms with Crippen LogP contribution in [0.1, 0.15) is 67.1 Å². The lowest BCUT2D eigenvalue weighted by molar-refractivity contribution is 0.235. The Morgan fingerprint density at radius 3 is 2.79 bits per heavy atom. The summed E-state index contributed by atoms with van der Waals surface area (Å²) in [5.74, 6) is 1.29. The average molecular weight is 327 g/mol. The van der Waals surface area contributed by atoms with Gasteiger partial charge in [0.15, 0.2) is 0 Å². The quantitative estimate of drug-likeness (QED) is 0.867. The van der Waals surface area contributed by atoms with E-state index in [9.17, 15) is 0 Å². The molecule has 0 N–H and O–H groups in total. The maximum absolute atomic E-state index is 5.07. The Labute approximate surface area is 144 Å². The highest BCUT2D eigenvalue weighted by Gasteiger charge is 2.32. The van der Waals surface area contributed by atoms with E-state index in [0.717, 1.165) is 13.0 Å². The van der Waals surface area contributed by atoms with Gasteiger partial charge in [-0.05, 0) is 51.5 Å². The van der Waals surface area contributed by atoms with E-state index in [1.165, 1.54) is 73.5 Å². The third kappa shape index (κ3) is 2.69. The zero-order chi connectivity index (χ0) is 16.7. The Bertz CT molecular complexity index is 726. The number of aryl methyl sites for hydroxylation is 3. The van der Waals surface area contributed by atoms with Crippen LogP contribution >= 0.6 is 0 Å². The summed E-state index contributed by atoms with van der Waals surface area (Å²) in [5.41, 5.74) is 5.47. The van der Waals surface area contributed by atoms with E-state index >= 15 is 0 Å². The van der Waals surface area contributed by atoms with Crippen molar-refractivity contribution in [2.45, 2.75) is 64.5 Å². The third-order valence-electron chi connectivity index (χ3n) is 5.77. The number of aromatic nitrogens is 4. The third-order valence-corrected chi connectivity index (χ3v) is 5.77. The summed E-state index contributed by atoms with van der Waals surface area (Å²) in [5, 5.41) is 4.61. The molecule has 1 aliphatic carbocycles. The van der Waals surface area contributed by atoms with Crippen molar-refractivity contribution < 1.29 is 0 Å². The number of imidazole rings is 1. The fraction of sp³-hybridized carbons (Fsp3) is 0.684. The summed E-state index contributed by atoms with van der Waals surface area (Å²) in [7, 11) is 4.25. The van der Waals surface area contributed by atoms with E-state index in [0.29, 0.717) is 6.04 Å². The van der Waals surface area contributed by atoms with E-state index in [1.807, 2.05) is 11.7 Å². The molecule has 1 aliphatic heterocycles. The average Bonchev–Trinajstić information content (AvgIpc) is 3.26. The molecule has 0 bridgehead atoms. The van der Waals surface area contributed by atoms with Gasteiger partial charge < -0.3 is 4.57 Å². The van der Waals surface area contributed by atoms with E-state index in [1.54, 1.807) is 0 Å². The first kappa shape index (κ1) is 15.9. The molecule has 5 nitrogen and oxygen atoms in total. The standard InChI is InChI=1S/C19H29N5/c1-4-15-14(12-22(2)21-15)13-24-11-7-10-18(24)19-20-16-8-5-6-9-17(16)23(19)3/h12,18H,4-11,13H2,1-3H3/t18-/m0/s1. The molecule has 4 rings (SSSR count). The van der Waals surface area contributed by atoms with Gasteiger partial charge in [-0.15, -0.1) is 0 Å². The molecule has 1 fully saturated rings. The molecule has 1 saturated heterocycles. The number of hydrogen-bond acceptors (Lipinski definition) is 3. The number of fused-ring (bicyclic) bond motifs is 1. The minimum Gasteiger partial charge on any atom is -0.334 e. The van der Waals surface area contributed by atoms with Crippen LogP contribution in [0.3, 0.4) is 0 Å². The van der Waals surface area contributed by atoms with Gasteiger partial charge in [0.25, 0.3) is 0 Å². The fourth-order valence-electron chi connectivity index (χ4n) is 4.54. The van der Waals surface area contributed by atoms with E-state index < -0.39 is 0 Å².